The summed E-state index contributed by atoms with van der Waals surface area (Å²) in [7, 11) is 0. The second kappa shape index (κ2) is 9.66. The van der Waals surface area contributed by atoms with Gasteiger partial charge in [0.1, 0.15) is 5.75 Å². The number of carbonyl (C=O) groups excluding carboxylic acids is 2. The number of nitrogens with zero attached hydrogens (tertiary/aromatic N) is 2. The molecule has 0 radical (unpaired) electrons. The molecular formula is C21H20N2O7. The van der Waals surface area contributed by atoms with Gasteiger partial charge in [-0.05, 0) is 42.0 Å². The molecule has 0 aromatic heterocycles. The molecule has 0 bridgehead atoms. The Morgan fingerprint density at radius 1 is 1.17 bits per heavy atom. The summed E-state index contributed by atoms with van der Waals surface area (Å²) >= 11 is 0. The quantitative estimate of drug-likeness (QED) is 0.321. The molecule has 0 spiro atoms. The van der Waals surface area contributed by atoms with Gasteiger partial charge in [-0.2, -0.15) is 0 Å². The van der Waals surface area contributed by atoms with Gasteiger partial charge in [0.25, 0.3) is 5.91 Å². The third kappa shape index (κ3) is 5.42. The number of amides is 1. The van der Waals surface area contributed by atoms with Crippen molar-refractivity contribution >= 4 is 23.5 Å². The molecule has 1 aliphatic rings. The number of nitro benzene ring substituents is 1. The van der Waals surface area contributed by atoms with E-state index < -0.39 is 16.4 Å². The van der Waals surface area contributed by atoms with Gasteiger partial charge in [0.05, 0.1) is 18.1 Å². The minimum atomic E-state index is -0.697. The molecule has 156 valence electrons. The zero-order chi connectivity index (χ0) is 21.5. The molecule has 0 aliphatic carbocycles. The molecular weight excluding hydrogens is 392 g/mol. The van der Waals surface area contributed by atoms with Crippen LogP contribution in [0.25, 0.3) is 6.08 Å². The van der Waals surface area contributed by atoms with Gasteiger partial charge in [0.15, 0.2) is 18.1 Å². The number of ketones is 1. The molecule has 1 heterocycles. The normalized spacial score (nSPS) is 13.9. The van der Waals surface area contributed by atoms with E-state index in [4.69, 9.17) is 9.47 Å². The van der Waals surface area contributed by atoms with Crippen LogP contribution in [0.3, 0.4) is 0 Å². The minimum Gasteiger partial charge on any atom is -0.502 e. The average Bonchev–Trinajstić information content (AvgIpc) is 2.77. The Labute approximate surface area is 172 Å². The molecule has 1 fully saturated rings. The number of allylic oxidation sites excluding steroid dienone is 1. The van der Waals surface area contributed by atoms with Crippen molar-refractivity contribution in [2.24, 2.45) is 0 Å². The summed E-state index contributed by atoms with van der Waals surface area (Å²) in [5.41, 5.74) is 0.374. The Balaban J connectivity index is 1.57. The average molecular weight is 412 g/mol. The maximum atomic E-state index is 12.3. The van der Waals surface area contributed by atoms with E-state index >= 15 is 0 Å². The number of morpholine rings is 1. The lowest BCUT2D eigenvalue weighted by atomic mass is 10.1. The van der Waals surface area contributed by atoms with Crippen LogP contribution in [-0.4, -0.2) is 59.5 Å². The fourth-order valence-electron chi connectivity index (χ4n) is 2.82. The highest BCUT2D eigenvalue weighted by Crippen LogP contribution is 2.26. The molecule has 1 N–H and O–H groups in total. The van der Waals surface area contributed by atoms with Crippen molar-refractivity contribution < 1.29 is 29.1 Å². The van der Waals surface area contributed by atoms with Crippen LogP contribution in [0.15, 0.2) is 48.5 Å². The fraction of sp³-hybridized carbons (Fsp3) is 0.238. The standard InChI is InChI=1S/C21H20N2O7/c24-19(7-1-15-2-8-20(25)18(13-15)23(27)28)16-3-5-17(6-4-16)30-14-21(26)22-9-11-29-12-10-22/h1-8,13,25H,9-12,14H2/b7-1+. The van der Waals surface area contributed by atoms with Crippen LogP contribution >= 0.6 is 0 Å². The predicted octanol–water partition coefficient (Wildman–Crippen LogP) is 2.43. The van der Waals surface area contributed by atoms with Crippen molar-refractivity contribution in [3.05, 3.63) is 69.8 Å². The van der Waals surface area contributed by atoms with Crippen LogP contribution in [0.5, 0.6) is 11.5 Å². The largest absolute Gasteiger partial charge is 0.502 e. The van der Waals surface area contributed by atoms with Gasteiger partial charge in [0.2, 0.25) is 0 Å². The van der Waals surface area contributed by atoms with E-state index in [-0.39, 0.29) is 18.3 Å². The summed E-state index contributed by atoms with van der Waals surface area (Å²) in [5.74, 6) is -0.400. The first-order valence-electron chi connectivity index (χ1n) is 9.22. The molecule has 0 atom stereocenters. The van der Waals surface area contributed by atoms with Gasteiger partial charge in [-0.15, -0.1) is 0 Å². The van der Waals surface area contributed by atoms with Gasteiger partial charge in [-0.25, -0.2) is 0 Å². The lowest BCUT2D eigenvalue weighted by Gasteiger charge is -2.26. The van der Waals surface area contributed by atoms with Crippen molar-refractivity contribution in [2.45, 2.75) is 0 Å². The number of carbonyl (C=O) groups is 2. The van der Waals surface area contributed by atoms with Gasteiger partial charge in [0, 0.05) is 24.7 Å². The van der Waals surface area contributed by atoms with Crippen LogP contribution in [0.4, 0.5) is 5.69 Å². The van der Waals surface area contributed by atoms with Crippen LogP contribution in [0.1, 0.15) is 15.9 Å². The zero-order valence-electron chi connectivity index (χ0n) is 16.0. The van der Waals surface area contributed by atoms with Crippen molar-refractivity contribution in [3.63, 3.8) is 0 Å². The first kappa shape index (κ1) is 21.0. The predicted molar refractivity (Wildman–Crippen MR) is 107 cm³/mol. The van der Waals surface area contributed by atoms with Crippen molar-refractivity contribution in [1.82, 2.24) is 4.90 Å². The molecule has 30 heavy (non-hydrogen) atoms. The number of phenolic OH excluding ortho intramolecular Hbond substituents is 1. The number of hydrogen-bond acceptors (Lipinski definition) is 7. The monoisotopic (exact) mass is 412 g/mol. The van der Waals surface area contributed by atoms with E-state index in [1.165, 1.54) is 30.4 Å². The van der Waals surface area contributed by atoms with Crippen LogP contribution < -0.4 is 4.74 Å². The Morgan fingerprint density at radius 3 is 2.53 bits per heavy atom. The van der Waals surface area contributed by atoms with Crippen molar-refractivity contribution in [2.75, 3.05) is 32.9 Å². The van der Waals surface area contributed by atoms with E-state index in [9.17, 15) is 24.8 Å². The maximum absolute atomic E-state index is 12.3. The van der Waals surface area contributed by atoms with E-state index in [0.29, 0.717) is 43.2 Å². The highest BCUT2D eigenvalue weighted by molar-refractivity contribution is 6.06. The summed E-state index contributed by atoms with van der Waals surface area (Å²) < 4.78 is 10.7. The van der Waals surface area contributed by atoms with Crippen LogP contribution in [0, 0.1) is 10.1 Å². The molecule has 1 saturated heterocycles. The summed E-state index contributed by atoms with van der Waals surface area (Å²) in [6.07, 6.45) is 2.72. The van der Waals surface area contributed by atoms with Gasteiger partial charge < -0.3 is 19.5 Å². The number of phenols is 1. The first-order chi connectivity index (χ1) is 14.4. The molecule has 1 aliphatic heterocycles. The van der Waals surface area contributed by atoms with Gasteiger partial charge in [-0.3, -0.25) is 19.7 Å². The number of hydrogen-bond donors (Lipinski definition) is 1. The minimum absolute atomic E-state index is 0.0904. The van der Waals surface area contributed by atoms with E-state index in [2.05, 4.69) is 0 Å². The van der Waals surface area contributed by atoms with Crippen molar-refractivity contribution in [1.29, 1.82) is 0 Å². The molecule has 1 amide bonds. The number of rotatable bonds is 7. The number of ether oxygens (including phenoxy) is 2. The van der Waals surface area contributed by atoms with E-state index in [1.54, 1.807) is 29.2 Å². The van der Waals surface area contributed by atoms with E-state index in [1.807, 2.05) is 0 Å². The summed E-state index contributed by atoms with van der Waals surface area (Å²) in [6, 6.07) is 10.2. The topological polar surface area (TPSA) is 119 Å². The van der Waals surface area contributed by atoms with Crippen molar-refractivity contribution in [3.8, 4) is 11.5 Å². The SMILES string of the molecule is O=C(/C=C/c1ccc(O)c([N+](=O)[O-])c1)c1ccc(OCC(=O)N2CCOCC2)cc1. The van der Waals surface area contributed by atoms with Crippen LogP contribution in [0.2, 0.25) is 0 Å². The molecule has 0 saturated carbocycles. The number of aromatic hydroxyl groups is 1. The Bertz CT molecular complexity index is 964. The third-order valence-electron chi connectivity index (χ3n) is 4.49. The smallest absolute Gasteiger partial charge is 0.311 e. The Kier molecular flexibility index (Phi) is 6.76. The molecule has 0 unspecified atom stereocenters. The van der Waals surface area contributed by atoms with Gasteiger partial charge in [-0.1, -0.05) is 12.1 Å². The number of benzene rings is 2. The second-order valence-corrected chi connectivity index (χ2v) is 6.51. The lowest BCUT2D eigenvalue weighted by molar-refractivity contribution is -0.385. The summed E-state index contributed by atoms with van der Waals surface area (Å²) in [4.78, 5) is 36.2. The highest BCUT2D eigenvalue weighted by atomic mass is 16.6. The lowest BCUT2D eigenvalue weighted by Crippen LogP contribution is -2.42. The first-order valence-corrected chi connectivity index (χ1v) is 9.22. The molecule has 9 nitrogen and oxygen atoms in total. The molecule has 2 aromatic carbocycles. The third-order valence-corrected chi connectivity index (χ3v) is 4.49. The summed E-state index contributed by atoms with van der Waals surface area (Å²) in [6.45, 7) is 2.05. The number of nitro groups is 1. The second-order valence-electron chi connectivity index (χ2n) is 6.51. The molecule has 2 aromatic rings. The maximum Gasteiger partial charge on any atom is 0.311 e. The highest BCUT2D eigenvalue weighted by Gasteiger charge is 2.17. The van der Waals surface area contributed by atoms with Crippen LogP contribution in [-0.2, 0) is 9.53 Å². The summed E-state index contributed by atoms with van der Waals surface area (Å²) in [5, 5.41) is 20.3. The molecule has 9 heteroatoms. The zero-order valence-corrected chi connectivity index (χ0v) is 16.0. The Hall–Kier alpha value is -3.72. The molecule has 3 rings (SSSR count). The van der Waals surface area contributed by atoms with Gasteiger partial charge >= 0.3 is 5.69 Å². The Morgan fingerprint density at radius 2 is 1.87 bits per heavy atom. The fourth-order valence-corrected chi connectivity index (χ4v) is 2.82. The van der Waals surface area contributed by atoms with E-state index in [0.717, 1.165) is 0 Å².